The summed E-state index contributed by atoms with van der Waals surface area (Å²) in [7, 11) is -8.48. The molecule has 12 heteroatoms. The number of rotatable bonds is 6. The van der Waals surface area contributed by atoms with Crippen molar-refractivity contribution in [2.24, 2.45) is 0 Å². The van der Waals surface area contributed by atoms with Gasteiger partial charge in [-0.25, -0.2) is 21.8 Å². The molecule has 0 aliphatic heterocycles. The van der Waals surface area contributed by atoms with E-state index < -0.39 is 25.8 Å². The van der Waals surface area contributed by atoms with Crippen LogP contribution in [0.15, 0.2) is 45.9 Å². The van der Waals surface area contributed by atoms with Crippen LogP contribution in [-0.2, 0) is 26.5 Å². The molecular weight excluding hydrogens is 425 g/mol. The zero-order valence-corrected chi connectivity index (χ0v) is 16.0. The number of halogens is 2. The number of hydrogen-bond acceptors (Lipinski definition) is 7. The van der Waals surface area contributed by atoms with Crippen molar-refractivity contribution in [1.29, 1.82) is 0 Å². The van der Waals surface area contributed by atoms with Gasteiger partial charge in [-0.1, -0.05) is 34.4 Å². The number of pyridine rings is 1. The molecule has 1 aromatic carbocycles. The lowest BCUT2D eigenvalue weighted by Gasteiger charge is -2.08. The second-order valence-corrected chi connectivity index (χ2v) is 9.74. The van der Waals surface area contributed by atoms with Crippen molar-refractivity contribution in [1.82, 2.24) is 14.3 Å². The standard InChI is InChI=1S/C14H11Cl2N3O5S2/c15-13-9(2-1-6-17-13)5-7-25(20,21)19-26(22,23)10-3-4-12-11(8-10)14(16)18-24-12/h1-4,6,8,19H,5,7H2. The first-order chi connectivity index (χ1) is 12.2. The molecule has 0 aliphatic rings. The van der Waals surface area contributed by atoms with Crippen molar-refractivity contribution < 1.29 is 21.4 Å². The summed E-state index contributed by atoms with van der Waals surface area (Å²) < 4.78 is 55.7. The molecule has 2 aromatic heterocycles. The van der Waals surface area contributed by atoms with Crippen molar-refractivity contribution in [2.75, 3.05) is 5.75 Å². The SMILES string of the molecule is O=S(=O)(CCc1cccnc1Cl)NS(=O)(=O)c1ccc2onc(Cl)c2c1. The first-order valence-corrected chi connectivity index (χ1v) is 11.0. The number of aromatic nitrogens is 2. The lowest BCUT2D eigenvalue weighted by Crippen LogP contribution is -2.33. The molecule has 0 fully saturated rings. The van der Waals surface area contributed by atoms with E-state index in [2.05, 4.69) is 10.1 Å². The quantitative estimate of drug-likeness (QED) is 0.589. The summed E-state index contributed by atoms with van der Waals surface area (Å²) >= 11 is 11.7. The Hall–Kier alpha value is -1.72. The molecule has 0 saturated carbocycles. The molecule has 0 saturated heterocycles. The lowest BCUT2D eigenvalue weighted by atomic mass is 10.2. The van der Waals surface area contributed by atoms with E-state index in [1.54, 1.807) is 16.3 Å². The molecular formula is C14H11Cl2N3O5S2. The molecule has 3 aromatic rings. The molecule has 0 aliphatic carbocycles. The van der Waals surface area contributed by atoms with Gasteiger partial charge >= 0.3 is 0 Å². The van der Waals surface area contributed by atoms with E-state index in [1.165, 1.54) is 24.4 Å². The van der Waals surface area contributed by atoms with Crippen LogP contribution in [0.2, 0.25) is 10.3 Å². The molecule has 26 heavy (non-hydrogen) atoms. The Morgan fingerprint density at radius 2 is 1.85 bits per heavy atom. The van der Waals surface area contributed by atoms with E-state index in [4.69, 9.17) is 27.7 Å². The van der Waals surface area contributed by atoms with Crippen LogP contribution < -0.4 is 4.13 Å². The molecule has 0 bridgehead atoms. The minimum atomic E-state index is -4.33. The topological polar surface area (TPSA) is 119 Å². The number of benzene rings is 1. The zero-order valence-electron chi connectivity index (χ0n) is 12.9. The van der Waals surface area contributed by atoms with Gasteiger partial charge in [-0.05, 0) is 36.2 Å². The van der Waals surface area contributed by atoms with Gasteiger partial charge in [0.05, 0.1) is 16.0 Å². The Balaban J connectivity index is 1.80. The van der Waals surface area contributed by atoms with E-state index in [1.807, 2.05) is 0 Å². The highest BCUT2D eigenvalue weighted by Gasteiger charge is 2.24. The summed E-state index contributed by atoms with van der Waals surface area (Å²) in [5.74, 6) is -0.478. The number of sulfonamides is 2. The number of aryl methyl sites for hydroxylation is 1. The third-order valence-electron chi connectivity index (χ3n) is 3.42. The zero-order chi connectivity index (χ0) is 18.9. The molecule has 0 atom stereocenters. The Morgan fingerprint density at radius 1 is 1.08 bits per heavy atom. The first-order valence-electron chi connectivity index (χ1n) is 7.08. The molecule has 8 nitrogen and oxygen atoms in total. The smallest absolute Gasteiger partial charge is 0.253 e. The highest BCUT2D eigenvalue weighted by molar-refractivity contribution is 8.04. The maximum absolute atomic E-state index is 12.4. The van der Waals surface area contributed by atoms with Gasteiger partial charge in [-0.2, -0.15) is 0 Å². The van der Waals surface area contributed by atoms with Gasteiger partial charge in [0.1, 0.15) is 5.15 Å². The van der Waals surface area contributed by atoms with Crippen molar-refractivity contribution in [3.05, 3.63) is 52.4 Å². The summed E-state index contributed by atoms with van der Waals surface area (Å²) in [5.41, 5.74) is 0.776. The van der Waals surface area contributed by atoms with E-state index in [9.17, 15) is 16.8 Å². The second-order valence-electron chi connectivity index (χ2n) is 5.24. The van der Waals surface area contributed by atoms with Crippen molar-refractivity contribution >= 4 is 54.2 Å². The van der Waals surface area contributed by atoms with Crippen LogP contribution in [0.1, 0.15) is 5.56 Å². The maximum Gasteiger partial charge on any atom is 0.253 e. The number of hydrogen-bond donors (Lipinski definition) is 1. The molecule has 0 unspecified atom stereocenters. The predicted octanol–water partition coefficient (Wildman–Crippen LogP) is 2.38. The minimum absolute atomic E-state index is 0.00798. The summed E-state index contributed by atoms with van der Waals surface area (Å²) in [6.45, 7) is 0. The minimum Gasteiger partial charge on any atom is -0.355 e. The second kappa shape index (κ2) is 7.12. The van der Waals surface area contributed by atoms with Crippen LogP contribution in [0.4, 0.5) is 0 Å². The Kier molecular flexibility index (Phi) is 5.22. The van der Waals surface area contributed by atoms with Crippen LogP contribution in [0.5, 0.6) is 0 Å². The summed E-state index contributed by atoms with van der Waals surface area (Å²) in [6, 6.07) is 6.94. The fraction of sp³-hybridized carbons (Fsp3) is 0.143. The van der Waals surface area contributed by atoms with Crippen molar-refractivity contribution in [3.63, 3.8) is 0 Å². The van der Waals surface area contributed by atoms with Crippen LogP contribution in [0, 0.1) is 0 Å². The van der Waals surface area contributed by atoms with E-state index in [0.717, 1.165) is 0 Å². The molecule has 3 rings (SSSR count). The Morgan fingerprint density at radius 3 is 2.58 bits per heavy atom. The number of nitrogens with one attached hydrogen (secondary N) is 1. The van der Waals surface area contributed by atoms with Gasteiger partial charge in [0.25, 0.3) is 10.0 Å². The molecule has 0 spiro atoms. The average Bonchev–Trinajstić information content (AvgIpc) is 2.94. The van der Waals surface area contributed by atoms with E-state index >= 15 is 0 Å². The predicted molar refractivity (Wildman–Crippen MR) is 96.1 cm³/mol. The Labute approximate surface area is 159 Å². The third-order valence-corrected chi connectivity index (χ3v) is 7.54. The lowest BCUT2D eigenvalue weighted by molar-refractivity contribution is 0.457. The first kappa shape index (κ1) is 19.1. The fourth-order valence-corrected chi connectivity index (χ4v) is 5.62. The molecule has 0 amide bonds. The highest BCUT2D eigenvalue weighted by Crippen LogP contribution is 2.25. The number of fused-ring (bicyclic) bond motifs is 1. The van der Waals surface area contributed by atoms with Gasteiger partial charge in [0.15, 0.2) is 10.7 Å². The molecule has 0 radical (unpaired) electrons. The van der Waals surface area contributed by atoms with Crippen LogP contribution in [-0.4, -0.2) is 32.7 Å². The summed E-state index contributed by atoms with van der Waals surface area (Å²) in [6.07, 6.45) is 1.48. The van der Waals surface area contributed by atoms with Crippen LogP contribution in [0.25, 0.3) is 11.0 Å². The van der Waals surface area contributed by atoms with Crippen molar-refractivity contribution in [3.8, 4) is 0 Å². The molecule has 1 N–H and O–H groups in total. The van der Waals surface area contributed by atoms with E-state index in [-0.39, 0.29) is 32.6 Å². The normalized spacial score (nSPS) is 12.5. The Bertz CT molecular complexity index is 1180. The van der Waals surface area contributed by atoms with Gasteiger partial charge in [0, 0.05) is 6.20 Å². The number of nitrogens with zero attached hydrogens (tertiary/aromatic N) is 2. The maximum atomic E-state index is 12.4. The monoisotopic (exact) mass is 435 g/mol. The van der Waals surface area contributed by atoms with Gasteiger partial charge in [-0.15, -0.1) is 4.13 Å². The van der Waals surface area contributed by atoms with E-state index in [0.29, 0.717) is 5.56 Å². The van der Waals surface area contributed by atoms with Crippen LogP contribution in [0.3, 0.4) is 0 Å². The summed E-state index contributed by atoms with van der Waals surface area (Å²) in [5, 5.41) is 3.90. The highest BCUT2D eigenvalue weighted by atomic mass is 35.5. The average molecular weight is 436 g/mol. The fourth-order valence-electron chi connectivity index (χ4n) is 2.16. The summed E-state index contributed by atoms with van der Waals surface area (Å²) in [4.78, 5) is 3.56. The van der Waals surface area contributed by atoms with Gasteiger partial charge in [0.2, 0.25) is 10.0 Å². The molecule has 138 valence electrons. The molecule has 2 heterocycles. The largest absolute Gasteiger partial charge is 0.355 e. The van der Waals surface area contributed by atoms with Gasteiger partial charge in [-0.3, -0.25) is 0 Å². The van der Waals surface area contributed by atoms with Crippen molar-refractivity contribution in [2.45, 2.75) is 11.3 Å². The third kappa shape index (κ3) is 4.15. The van der Waals surface area contributed by atoms with Crippen LogP contribution >= 0.6 is 23.2 Å². The van der Waals surface area contributed by atoms with Gasteiger partial charge < -0.3 is 4.52 Å².